The van der Waals surface area contributed by atoms with E-state index < -0.39 is 0 Å². The quantitative estimate of drug-likeness (QED) is 0.587. The molecule has 126 valence electrons. The Labute approximate surface area is 147 Å². The number of amides is 1. The number of benzene rings is 2. The molecular formula is C18H21N3O2S. The number of hydrazine groups is 1. The Bertz CT molecular complexity index is 730. The zero-order chi connectivity index (χ0) is 17.5. The van der Waals surface area contributed by atoms with Gasteiger partial charge in [0.2, 0.25) is 0 Å². The molecule has 0 aliphatic rings. The van der Waals surface area contributed by atoms with Crippen LogP contribution >= 0.6 is 12.2 Å². The van der Waals surface area contributed by atoms with Crippen molar-refractivity contribution in [1.82, 2.24) is 10.9 Å². The molecule has 2 rings (SSSR count). The van der Waals surface area contributed by atoms with Crippen LogP contribution < -0.4 is 20.9 Å². The second-order valence-electron chi connectivity index (χ2n) is 5.24. The first-order valence-electron chi connectivity index (χ1n) is 7.67. The number of thiocarbonyl (C=S) groups is 1. The van der Waals surface area contributed by atoms with Gasteiger partial charge in [0, 0.05) is 11.3 Å². The third kappa shape index (κ3) is 4.70. The van der Waals surface area contributed by atoms with Gasteiger partial charge in [0.15, 0.2) is 5.11 Å². The SMILES string of the molecule is CCOc1ccc(C(=O)NNC(=S)Nc2cccc(C)c2C)cc1. The van der Waals surface area contributed by atoms with Gasteiger partial charge in [0.1, 0.15) is 5.75 Å². The normalized spacial score (nSPS) is 9.96. The van der Waals surface area contributed by atoms with Crippen molar-refractivity contribution in [1.29, 1.82) is 0 Å². The van der Waals surface area contributed by atoms with Crippen molar-refractivity contribution in [2.45, 2.75) is 20.8 Å². The summed E-state index contributed by atoms with van der Waals surface area (Å²) >= 11 is 5.21. The van der Waals surface area contributed by atoms with Crippen LogP contribution in [0.4, 0.5) is 5.69 Å². The fourth-order valence-corrected chi connectivity index (χ4v) is 2.26. The third-order valence-corrected chi connectivity index (χ3v) is 3.77. The lowest BCUT2D eigenvalue weighted by Gasteiger charge is -2.14. The number of rotatable bonds is 4. The van der Waals surface area contributed by atoms with Crippen molar-refractivity contribution < 1.29 is 9.53 Å². The largest absolute Gasteiger partial charge is 0.494 e. The summed E-state index contributed by atoms with van der Waals surface area (Å²) in [6.07, 6.45) is 0. The predicted molar refractivity (Wildman–Crippen MR) is 100 cm³/mol. The van der Waals surface area contributed by atoms with Crippen LogP contribution in [0.5, 0.6) is 5.75 Å². The smallest absolute Gasteiger partial charge is 0.269 e. The monoisotopic (exact) mass is 343 g/mol. The molecule has 1 amide bonds. The third-order valence-electron chi connectivity index (χ3n) is 3.57. The van der Waals surface area contributed by atoms with Crippen molar-refractivity contribution in [2.75, 3.05) is 11.9 Å². The summed E-state index contributed by atoms with van der Waals surface area (Å²) in [6, 6.07) is 12.8. The molecule has 0 atom stereocenters. The number of nitrogens with one attached hydrogen (secondary N) is 3. The van der Waals surface area contributed by atoms with E-state index in [1.54, 1.807) is 24.3 Å². The summed E-state index contributed by atoms with van der Waals surface area (Å²) in [5.74, 6) is 0.456. The molecule has 0 bridgehead atoms. The summed E-state index contributed by atoms with van der Waals surface area (Å²) in [5.41, 5.74) is 8.97. The Morgan fingerprint density at radius 3 is 2.46 bits per heavy atom. The molecule has 0 aliphatic carbocycles. The molecule has 0 fully saturated rings. The number of carbonyl (C=O) groups is 1. The van der Waals surface area contributed by atoms with E-state index in [1.165, 1.54) is 5.56 Å². The summed E-state index contributed by atoms with van der Waals surface area (Å²) < 4.78 is 5.35. The van der Waals surface area contributed by atoms with Gasteiger partial charge in [-0.3, -0.25) is 15.6 Å². The number of hydrogen-bond donors (Lipinski definition) is 3. The first-order chi connectivity index (χ1) is 11.5. The van der Waals surface area contributed by atoms with Crippen LogP contribution in [0.1, 0.15) is 28.4 Å². The molecule has 6 heteroatoms. The van der Waals surface area contributed by atoms with Gasteiger partial charge in [0.05, 0.1) is 6.61 Å². The topological polar surface area (TPSA) is 62.4 Å². The second kappa shape index (κ2) is 8.31. The molecule has 0 saturated heterocycles. The highest BCUT2D eigenvalue weighted by Crippen LogP contribution is 2.17. The second-order valence-corrected chi connectivity index (χ2v) is 5.65. The molecule has 3 N–H and O–H groups in total. The van der Waals surface area contributed by atoms with Crippen molar-refractivity contribution >= 4 is 28.9 Å². The molecule has 0 saturated carbocycles. The summed E-state index contributed by atoms with van der Waals surface area (Å²) in [5, 5.41) is 3.39. The van der Waals surface area contributed by atoms with Gasteiger partial charge in [-0.2, -0.15) is 0 Å². The predicted octanol–water partition coefficient (Wildman–Crippen LogP) is 3.33. The minimum atomic E-state index is -0.275. The summed E-state index contributed by atoms with van der Waals surface area (Å²) in [7, 11) is 0. The van der Waals surface area contributed by atoms with Crippen LogP contribution in [-0.4, -0.2) is 17.6 Å². The maximum Gasteiger partial charge on any atom is 0.269 e. The molecule has 2 aromatic rings. The molecule has 0 aromatic heterocycles. The van der Waals surface area contributed by atoms with Crippen LogP contribution in [0.15, 0.2) is 42.5 Å². The van der Waals surface area contributed by atoms with E-state index in [0.717, 1.165) is 17.0 Å². The maximum atomic E-state index is 12.1. The highest BCUT2D eigenvalue weighted by atomic mass is 32.1. The van der Waals surface area contributed by atoms with E-state index in [1.807, 2.05) is 39.0 Å². The zero-order valence-electron chi connectivity index (χ0n) is 14.0. The molecule has 2 aromatic carbocycles. The highest BCUT2D eigenvalue weighted by Gasteiger charge is 2.07. The van der Waals surface area contributed by atoms with E-state index in [4.69, 9.17) is 17.0 Å². The molecule has 0 aliphatic heterocycles. The van der Waals surface area contributed by atoms with Gasteiger partial charge >= 0.3 is 0 Å². The summed E-state index contributed by atoms with van der Waals surface area (Å²) in [4.78, 5) is 12.1. The molecule has 0 spiro atoms. The lowest BCUT2D eigenvalue weighted by atomic mass is 10.1. The minimum absolute atomic E-state index is 0.275. The van der Waals surface area contributed by atoms with Crippen molar-refractivity contribution in [3.63, 3.8) is 0 Å². The van der Waals surface area contributed by atoms with Gasteiger partial charge in [-0.1, -0.05) is 12.1 Å². The van der Waals surface area contributed by atoms with E-state index in [9.17, 15) is 4.79 Å². The van der Waals surface area contributed by atoms with Gasteiger partial charge in [-0.25, -0.2) is 0 Å². The van der Waals surface area contributed by atoms with E-state index in [-0.39, 0.29) is 5.91 Å². The Hall–Kier alpha value is -2.60. The van der Waals surface area contributed by atoms with E-state index in [0.29, 0.717) is 17.3 Å². The fourth-order valence-electron chi connectivity index (χ4n) is 2.09. The van der Waals surface area contributed by atoms with Gasteiger partial charge in [0.25, 0.3) is 5.91 Å². The van der Waals surface area contributed by atoms with Crippen LogP contribution in [0.3, 0.4) is 0 Å². The first-order valence-corrected chi connectivity index (χ1v) is 8.08. The summed E-state index contributed by atoms with van der Waals surface area (Å²) in [6.45, 7) is 6.54. The number of aryl methyl sites for hydroxylation is 1. The van der Waals surface area contributed by atoms with Gasteiger partial charge in [-0.05, 0) is 74.4 Å². The van der Waals surface area contributed by atoms with Gasteiger partial charge in [-0.15, -0.1) is 0 Å². The minimum Gasteiger partial charge on any atom is -0.494 e. The van der Waals surface area contributed by atoms with E-state index in [2.05, 4.69) is 16.2 Å². The van der Waals surface area contributed by atoms with Crippen molar-refractivity contribution in [3.8, 4) is 5.75 Å². The average Bonchev–Trinajstić information content (AvgIpc) is 2.58. The van der Waals surface area contributed by atoms with Crippen LogP contribution in [-0.2, 0) is 0 Å². The van der Waals surface area contributed by atoms with Crippen molar-refractivity contribution in [2.24, 2.45) is 0 Å². The number of hydrogen-bond acceptors (Lipinski definition) is 3. The van der Waals surface area contributed by atoms with E-state index >= 15 is 0 Å². The Kier molecular flexibility index (Phi) is 6.14. The van der Waals surface area contributed by atoms with Crippen molar-refractivity contribution in [3.05, 3.63) is 59.2 Å². The lowest BCUT2D eigenvalue weighted by Crippen LogP contribution is -2.43. The molecule has 0 radical (unpaired) electrons. The molecule has 0 heterocycles. The molecular weight excluding hydrogens is 322 g/mol. The lowest BCUT2D eigenvalue weighted by molar-refractivity contribution is 0.0944. The first kappa shape index (κ1) is 17.7. The Morgan fingerprint density at radius 1 is 1.08 bits per heavy atom. The van der Waals surface area contributed by atoms with Crippen LogP contribution in [0.25, 0.3) is 0 Å². The fraction of sp³-hybridized carbons (Fsp3) is 0.222. The molecule has 5 nitrogen and oxygen atoms in total. The number of anilines is 1. The standard InChI is InChI=1S/C18H21N3O2S/c1-4-23-15-10-8-14(9-11-15)17(22)20-21-18(24)19-16-7-5-6-12(2)13(16)3/h5-11H,4H2,1-3H3,(H,20,22)(H2,19,21,24). The molecule has 0 unspecified atom stereocenters. The Morgan fingerprint density at radius 2 is 1.79 bits per heavy atom. The maximum absolute atomic E-state index is 12.1. The van der Waals surface area contributed by atoms with Crippen LogP contribution in [0.2, 0.25) is 0 Å². The number of carbonyl (C=O) groups excluding carboxylic acids is 1. The Balaban J connectivity index is 1.89. The van der Waals surface area contributed by atoms with Gasteiger partial charge < -0.3 is 10.1 Å². The molecule has 24 heavy (non-hydrogen) atoms. The highest BCUT2D eigenvalue weighted by molar-refractivity contribution is 7.80. The zero-order valence-corrected chi connectivity index (χ0v) is 14.8. The number of ether oxygens (including phenoxy) is 1. The average molecular weight is 343 g/mol. The van der Waals surface area contributed by atoms with Crippen LogP contribution in [0, 0.1) is 13.8 Å².